The molecular weight excluding hydrogens is 392 g/mol. The van der Waals surface area contributed by atoms with Gasteiger partial charge >= 0.3 is 18.3 Å². The molecule has 1 amide bonds. The average molecular weight is 411 g/mol. The van der Waals surface area contributed by atoms with Crippen LogP contribution in [0.2, 0.25) is 0 Å². The highest BCUT2D eigenvalue weighted by Gasteiger charge is 2.38. The third-order valence-electron chi connectivity index (χ3n) is 4.63. The highest BCUT2D eigenvalue weighted by atomic mass is 19.4. The number of benzene rings is 1. The fourth-order valence-electron chi connectivity index (χ4n) is 3.27. The summed E-state index contributed by atoms with van der Waals surface area (Å²) in [5.74, 6) is -1.97. The number of halogens is 6. The van der Waals surface area contributed by atoms with Crippen molar-refractivity contribution in [3.05, 3.63) is 34.9 Å². The number of carbonyl (C=O) groups is 2. The number of amides is 1. The molecule has 1 aromatic rings. The van der Waals surface area contributed by atoms with Crippen molar-refractivity contribution in [2.75, 3.05) is 6.61 Å². The molecule has 2 atom stereocenters. The number of alkyl halides is 6. The van der Waals surface area contributed by atoms with Crippen molar-refractivity contribution in [3.8, 4) is 0 Å². The molecule has 156 valence electrons. The van der Waals surface area contributed by atoms with Gasteiger partial charge in [0.2, 0.25) is 0 Å². The van der Waals surface area contributed by atoms with E-state index in [1.165, 1.54) is 4.90 Å². The molecule has 1 fully saturated rings. The Morgan fingerprint density at radius 3 is 1.86 bits per heavy atom. The van der Waals surface area contributed by atoms with Crippen LogP contribution in [-0.2, 0) is 21.9 Å². The van der Waals surface area contributed by atoms with Gasteiger partial charge in [-0.1, -0.05) is 0 Å². The van der Waals surface area contributed by atoms with E-state index >= 15 is 0 Å². The second-order valence-corrected chi connectivity index (χ2v) is 6.80. The monoisotopic (exact) mass is 411 g/mol. The fraction of sp³-hybridized carbons (Fsp3) is 0.556. The van der Waals surface area contributed by atoms with Crippen LogP contribution >= 0.6 is 0 Å². The molecule has 0 aromatic heterocycles. The number of likely N-dealkylation sites (tertiary alicyclic amines) is 1. The third kappa shape index (κ3) is 5.17. The fourth-order valence-corrected chi connectivity index (χ4v) is 3.27. The van der Waals surface area contributed by atoms with E-state index in [9.17, 15) is 35.9 Å². The molecule has 0 radical (unpaired) electrons. The molecule has 0 aliphatic carbocycles. The predicted molar refractivity (Wildman–Crippen MR) is 86.3 cm³/mol. The highest BCUT2D eigenvalue weighted by Crippen LogP contribution is 2.36. The van der Waals surface area contributed by atoms with Gasteiger partial charge in [-0.15, -0.1) is 0 Å². The molecule has 4 nitrogen and oxygen atoms in total. The number of rotatable bonds is 3. The minimum absolute atomic E-state index is 0.0843. The quantitative estimate of drug-likeness (QED) is 0.537. The highest BCUT2D eigenvalue weighted by molar-refractivity contribution is 5.92. The van der Waals surface area contributed by atoms with E-state index < -0.39 is 47.5 Å². The van der Waals surface area contributed by atoms with E-state index in [1.807, 2.05) is 13.8 Å². The Morgan fingerprint density at radius 1 is 0.964 bits per heavy atom. The summed E-state index contributed by atoms with van der Waals surface area (Å²) >= 11 is 0. The Kier molecular flexibility index (Phi) is 6.30. The van der Waals surface area contributed by atoms with Crippen LogP contribution in [0, 0.1) is 0 Å². The van der Waals surface area contributed by atoms with Crippen LogP contribution in [0.3, 0.4) is 0 Å². The lowest BCUT2D eigenvalue weighted by atomic mass is 9.97. The maximum Gasteiger partial charge on any atom is 0.416 e. The Balaban J connectivity index is 2.18. The van der Waals surface area contributed by atoms with Gasteiger partial charge in [0.05, 0.1) is 16.7 Å². The maximum atomic E-state index is 12.9. The van der Waals surface area contributed by atoms with Crippen LogP contribution in [0.4, 0.5) is 26.3 Å². The van der Waals surface area contributed by atoms with E-state index in [4.69, 9.17) is 4.74 Å². The summed E-state index contributed by atoms with van der Waals surface area (Å²) < 4.78 is 81.9. The van der Waals surface area contributed by atoms with Crippen molar-refractivity contribution in [1.82, 2.24) is 4.90 Å². The van der Waals surface area contributed by atoms with Crippen molar-refractivity contribution < 1.29 is 40.7 Å². The number of esters is 1. The zero-order chi connectivity index (χ0) is 21.3. The van der Waals surface area contributed by atoms with Gasteiger partial charge in [-0.05, 0) is 51.3 Å². The second-order valence-electron chi connectivity index (χ2n) is 6.80. The van der Waals surface area contributed by atoms with Gasteiger partial charge in [0.15, 0.2) is 6.61 Å². The van der Waals surface area contributed by atoms with Crippen LogP contribution in [-0.4, -0.2) is 35.5 Å². The normalized spacial score (nSPS) is 20.8. The Labute approximate surface area is 157 Å². The largest absolute Gasteiger partial charge is 0.452 e. The van der Waals surface area contributed by atoms with E-state index in [0.29, 0.717) is 0 Å². The molecule has 28 heavy (non-hydrogen) atoms. The lowest BCUT2D eigenvalue weighted by Gasteiger charge is -2.38. The smallest absolute Gasteiger partial charge is 0.416 e. The number of nitrogens with zero attached hydrogens (tertiary/aromatic N) is 1. The van der Waals surface area contributed by atoms with E-state index in [0.717, 1.165) is 19.3 Å². The van der Waals surface area contributed by atoms with Crippen LogP contribution in [0.25, 0.3) is 0 Å². The van der Waals surface area contributed by atoms with Gasteiger partial charge in [0, 0.05) is 12.1 Å². The summed E-state index contributed by atoms with van der Waals surface area (Å²) in [7, 11) is 0. The van der Waals surface area contributed by atoms with Crippen molar-refractivity contribution >= 4 is 11.9 Å². The summed E-state index contributed by atoms with van der Waals surface area (Å²) in [5, 5.41) is 0. The zero-order valence-electron chi connectivity index (χ0n) is 15.2. The summed E-state index contributed by atoms with van der Waals surface area (Å²) in [6, 6.07) is 0.266. The molecule has 0 spiro atoms. The Hall–Kier alpha value is -2.26. The van der Waals surface area contributed by atoms with Crippen molar-refractivity contribution in [1.29, 1.82) is 0 Å². The second kappa shape index (κ2) is 8.00. The minimum Gasteiger partial charge on any atom is -0.452 e. The van der Waals surface area contributed by atoms with E-state index in [1.54, 1.807) is 0 Å². The van der Waals surface area contributed by atoms with Crippen LogP contribution in [0.5, 0.6) is 0 Å². The molecule has 0 saturated carbocycles. The molecular formula is C18H19F6NO3. The Bertz CT molecular complexity index is 702. The molecule has 1 heterocycles. The summed E-state index contributed by atoms with van der Waals surface area (Å²) in [6.45, 7) is 2.88. The molecule has 1 aliphatic heterocycles. The number of piperidine rings is 1. The molecule has 1 aliphatic rings. The first kappa shape index (κ1) is 22.0. The standard InChI is InChI=1S/C18H19F6NO3/c1-10-4-3-5-11(2)25(10)15(26)9-28-16(27)12-6-13(17(19,20)21)8-14(7-12)18(22,23)24/h6-8,10-11H,3-5,9H2,1-2H3/t10-,11+. The first-order chi connectivity index (χ1) is 12.8. The first-order valence-electron chi connectivity index (χ1n) is 8.58. The first-order valence-corrected chi connectivity index (χ1v) is 8.58. The summed E-state index contributed by atoms with van der Waals surface area (Å²) in [5.41, 5.74) is -4.17. The zero-order valence-corrected chi connectivity index (χ0v) is 15.2. The third-order valence-corrected chi connectivity index (χ3v) is 4.63. The number of carbonyl (C=O) groups excluding carboxylic acids is 2. The molecule has 0 N–H and O–H groups in total. The van der Waals surface area contributed by atoms with Crippen molar-refractivity contribution in [2.24, 2.45) is 0 Å². The van der Waals surface area contributed by atoms with Crippen LogP contribution in [0.1, 0.15) is 54.6 Å². The molecule has 0 unspecified atom stereocenters. The van der Waals surface area contributed by atoms with Gasteiger partial charge in [-0.25, -0.2) is 4.79 Å². The van der Waals surface area contributed by atoms with Crippen LogP contribution < -0.4 is 0 Å². The molecule has 1 saturated heterocycles. The van der Waals surface area contributed by atoms with Crippen molar-refractivity contribution in [2.45, 2.75) is 57.5 Å². The SMILES string of the molecule is C[C@@H]1CCC[C@H](C)N1C(=O)COC(=O)c1cc(C(F)(F)F)cc(C(F)(F)F)c1. The van der Waals surface area contributed by atoms with Gasteiger partial charge in [-0.3, -0.25) is 4.79 Å². The van der Waals surface area contributed by atoms with Gasteiger partial charge in [-0.2, -0.15) is 26.3 Å². The molecule has 0 bridgehead atoms. The van der Waals surface area contributed by atoms with E-state index in [-0.39, 0.29) is 30.3 Å². The molecule has 10 heteroatoms. The van der Waals surface area contributed by atoms with Gasteiger partial charge < -0.3 is 9.64 Å². The number of ether oxygens (including phenoxy) is 1. The number of hydrogen-bond donors (Lipinski definition) is 0. The molecule has 1 aromatic carbocycles. The van der Waals surface area contributed by atoms with Crippen LogP contribution in [0.15, 0.2) is 18.2 Å². The lowest BCUT2D eigenvalue weighted by Crippen LogP contribution is -2.49. The van der Waals surface area contributed by atoms with Crippen molar-refractivity contribution in [3.63, 3.8) is 0 Å². The predicted octanol–water partition coefficient (Wildman–Crippen LogP) is 4.67. The summed E-state index contributed by atoms with van der Waals surface area (Å²) in [4.78, 5) is 25.8. The minimum atomic E-state index is -5.08. The topological polar surface area (TPSA) is 46.6 Å². The lowest BCUT2D eigenvalue weighted by molar-refractivity contribution is -0.143. The van der Waals surface area contributed by atoms with Gasteiger partial charge in [0.1, 0.15) is 0 Å². The average Bonchev–Trinajstić information content (AvgIpc) is 2.57. The van der Waals surface area contributed by atoms with Gasteiger partial charge in [0.25, 0.3) is 5.91 Å². The van der Waals surface area contributed by atoms with E-state index in [2.05, 4.69) is 0 Å². The Morgan fingerprint density at radius 2 is 1.43 bits per heavy atom. The number of hydrogen-bond acceptors (Lipinski definition) is 3. The summed E-state index contributed by atoms with van der Waals surface area (Å²) in [6.07, 6.45) is -7.72. The molecule has 2 rings (SSSR count). The maximum absolute atomic E-state index is 12.9.